The second-order valence-corrected chi connectivity index (χ2v) is 3.73. The lowest BCUT2D eigenvalue weighted by atomic mass is 10.2. The van der Waals surface area contributed by atoms with Crippen molar-refractivity contribution in [2.75, 3.05) is 13.7 Å². The normalized spacial score (nSPS) is 13.2. The van der Waals surface area contributed by atoms with Crippen LogP contribution in [0, 0.1) is 6.92 Å². The molecular formula is C10H15N5O. The first-order valence-electron chi connectivity index (χ1n) is 5.12. The molecule has 1 atom stereocenters. The molecule has 0 aliphatic heterocycles. The minimum Gasteiger partial charge on any atom is -0.383 e. The highest BCUT2D eigenvalue weighted by Crippen LogP contribution is 2.08. The third kappa shape index (κ3) is 2.02. The first kappa shape index (κ1) is 11.0. The molecule has 0 saturated heterocycles. The molecule has 6 heteroatoms. The van der Waals surface area contributed by atoms with Crippen LogP contribution in [0.3, 0.4) is 0 Å². The van der Waals surface area contributed by atoms with Gasteiger partial charge in [-0.25, -0.2) is 0 Å². The van der Waals surface area contributed by atoms with E-state index in [1.807, 2.05) is 17.5 Å². The molecule has 0 fully saturated rings. The van der Waals surface area contributed by atoms with Crippen LogP contribution in [0.1, 0.15) is 11.5 Å². The molecule has 2 N–H and O–H groups in total. The van der Waals surface area contributed by atoms with E-state index in [0.29, 0.717) is 13.0 Å². The van der Waals surface area contributed by atoms with Crippen LogP contribution < -0.4 is 5.73 Å². The number of nitrogens with two attached hydrogens (primary N) is 1. The quantitative estimate of drug-likeness (QED) is 0.783. The molecule has 0 aliphatic rings. The number of fused-ring (bicyclic) bond motifs is 1. The molecule has 86 valence electrons. The van der Waals surface area contributed by atoms with Gasteiger partial charge >= 0.3 is 0 Å². The van der Waals surface area contributed by atoms with Gasteiger partial charge in [0, 0.05) is 32.0 Å². The van der Waals surface area contributed by atoms with Crippen molar-refractivity contribution in [1.82, 2.24) is 19.6 Å². The smallest absolute Gasteiger partial charge is 0.182 e. The van der Waals surface area contributed by atoms with Crippen molar-refractivity contribution in [3.05, 3.63) is 23.9 Å². The van der Waals surface area contributed by atoms with Gasteiger partial charge in [-0.05, 0) is 6.92 Å². The number of rotatable bonds is 4. The summed E-state index contributed by atoms with van der Waals surface area (Å²) in [6.45, 7) is 2.41. The fraction of sp³-hybridized carbons (Fsp3) is 0.500. The van der Waals surface area contributed by atoms with Crippen molar-refractivity contribution >= 4 is 5.65 Å². The number of ether oxygens (including phenoxy) is 1. The maximum Gasteiger partial charge on any atom is 0.182 e. The van der Waals surface area contributed by atoms with Gasteiger partial charge in [-0.3, -0.25) is 9.38 Å². The van der Waals surface area contributed by atoms with Crippen LogP contribution in [-0.2, 0) is 11.2 Å². The Labute approximate surface area is 93.5 Å². The van der Waals surface area contributed by atoms with Gasteiger partial charge in [-0.2, -0.15) is 0 Å². The largest absolute Gasteiger partial charge is 0.383 e. The predicted molar refractivity (Wildman–Crippen MR) is 59.1 cm³/mol. The number of hydrogen-bond donors (Lipinski definition) is 1. The minimum atomic E-state index is -0.0688. The summed E-state index contributed by atoms with van der Waals surface area (Å²) in [5, 5.41) is 8.10. The molecule has 0 radical (unpaired) electrons. The van der Waals surface area contributed by atoms with Gasteiger partial charge in [0.15, 0.2) is 5.65 Å². The summed E-state index contributed by atoms with van der Waals surface area (Å²) in [4.78, 5) is 4.28. The van der Waals surface area contributed by atoms with E-state index in [4.69, 9.17) is 10.5 Å². The molecule has 0 bridgehead atoms. The second kappa shape index (κ2) is 4.54. The molecule has 16 heavy (non-hydrogen) atoms. The summed E-state index contributed by atoms with van der Waals surface area (Å²) < 4.78 is 6.90. The third-order valence-corrected chi connectivity index (χ3v) is 2.41. The molecule has 0 amide bonds. The van der Waals surface area contributed by atoms with Crippen LogP contribution in [0.5, 0.6) is 0 Å². The molecule has 0 spiro atoms. The van der Waals surface area contributed by atoms with Crippen LogP contribution in [0.2, 0.25) is 0 Å². The van der Waals surface area contributed by atoms with Crippen molar-refractivity contribution < 1.29 is 4.74 Å². The fourth-order valence-electron chi connectivity index (χ4n) is 1.66. The molecule has 0 aliphatic carbocycles. The molecular weight excluding hydrogens is 206 g/mol. The summed E-state index contributed by atoms with van der Waals surface area (Å²) in [5.74, 6) is 0.846. The Hall–Kier alpha value is -1.53. The Kier molecular flexibility index (Phi) is 3.12. The van der Waals surface area contributed by atoms with Gasteiger partial charge in [0.2, 0.25) is 0 Å². The molecule has 6 nitrogen and oxygen atoms in total. The summed E-state index contributed by atoms with van der Waals surface area (Å²) in [6, 6.07) is -0.0688. The summed E-state index contributed by atoms with van der Waals surface area (Å²) >= 11 is 0. The van der Waals surface area contributed by atoms with Gasteiger partial charge in [0.25, 0.3) is 0 Å². The first-order chi connectivity index (χ1) is 7.72. The van der Waals surface area contributed by atoms with Crippen LogP contribution in [0.15, 0.2) is 12.4 Å². The number of methoxy groups -OCH3 is 1. The average Bonchev–Trinajstić information content (AvgIpc) is 2.62. The van der Waals surface area contributed by atoms with Gasteiger partial charge in [-0.1, -0.05) is 0 Å². The molecule has 2 aromatic heterocycles. The standard InChI is InChI=1S/C10H15N5O/c1-7-13-14-10-9(5-8(11)6-16-2)12-3-4-15(7)10/h3-4,8H,5-6,11H2,1-2H3. The maximum atomic E-state index is 5.89. The zero-order chi connectivity index (χ0) is 11.5. The van der Waals surface area contributed by atoms with Gasteiger partial charge in [-0.15, -0.1) is 10.2 Å². The summed E-state index contributed by atoms with van der Waals surface area (Å²) in [5.41, 5.74) is 7.52. The van der Waals surface area contributed by atoms with Gasteiger partial charge < -0.3 is 10.5 Å². The summed E-state index contributed by atoms with van der Waals surface area (Å²) in [6.07, 6.45) is 4.21. The highest BCUT2D eigenvalue weighted by atomic mass is 16.5. The van der Waals surface area contributed by atoms with Crippen molar-refractivity contribution in [1.29, 1.82) is 0 Å². The molecule has 2 heterocycles. The van der Waals surface area contributed by atoms with E-state index in [2.05, 4.69) is 15.2 Å². The van der Waals surface area contributed by atoms with Crippen molar-refractivity contribution in [3.63, 3.8) is 0 Å². The highest BCUT2D eigenvalue weighted by Gasteiger charge is 2.11. The number of nitrogens with zero attached hydrogens (tertiary/aromatic N) is 4. The van der Waals surface area contributed by atoms with E-state index in [1.165, 1.54) is 0 Å². The van der Waals surface area contributed by atoms with E-state index in [9.17, 15) is 0 Å². The van der Waals surface area contributed by atoms with Crippen LogP contribution >= 0.6 is 0 Å². The lowest BCUT2D eigenvalue weighted by Crippen LogP contribution is -2.28. The van der Waals surface area contributed by atoms with Gasteiger partial charge in [0.1, 0.15) is 5.82 Å². The Balaban J connectivity index is 2.30. The zero-order valence-corrected chi connectivity index (χ0v) is 9.42. The SMILES string of the molecule is COCC(N)Cc1nccn2c(C)nnc12. The maximum absolute atomic E-state index is 5.89. The zero-order valence-electron chi connectivity index (χ0n) is 9.42. The summed E-state index contributed by atoms with van der Waals surface area (Å²) in [7, 11) is 1.63. The average molecular weight is 221 g/mol. The molecule has 2 aromatic rings. The Bertz CT molecular complexity index is 481. The van der Waals surface area contributed by atoms with E-state index in [-0.39, 0.29) is 6.04 Å². The minimum absolute atomic E-state index is 0.0688. The molecule has 2 rings (SSSR count). The molecule has 0 saturated carbocycles. The van der Waals surface area contributed by atoms with E-state index in [1.54, 1.807) is 13.3 Å². The Morgan fingerprint density at radius 3 is 3.06 bits per heavy atom. The Morgan fingerprint density at radius 2 is 2.31 bits per heavy atom. The van der Waals surface area contributed by atoms with E-state index in [0.717, 1.165) is 17.2 Å². The van der Waals surface area contributed by atoms with E-state index < -0.39 is 0 Å². The lowest BCUT2D eigenvalue weighted by Gasteiger charge is -2.09. The van der Waals surface area contributed by atoms with Crippen molar-refractivity contribution in [2.45, 2.75) is 19.4 Å². The lowest BCUT2D eigenvalue weighted by molar-refractivity contribution is 0.179. The first-order valence-corrected chi connectivity index (χ1v) is 5.12. The van der Waals surface area contributed by atoms with Crippen LogP contribution in [0.25, 0.3) is 5.65 Å². The van der Waals surface area contributed by atoms with Crippen LogP contribution in [0.4, 0.5) is 0 Å². The second-order valence-electron chi connectivity index (χ2n) is 3.73. The molecule has 0 aromatic carbocycles. The Morgan fingerprint density at radius 1 is 1.50 bits per heavy atom. The van der Waals surface area contributed by atoms with Gasteiger partial charge in [0.05, 0.1) is 12.3 Å². The highest BCUT2D eigenvalue weighted by molar-refractivity contribution is 5.43. The monoisotopic (exact) mass is 221 g/mol. The van der Waals surface area contributed by atoms with Crippen molar-refractivity contribution in [2.24, 2.45) is 5.73 Å². The number of aromatic nitrogens is 4. The predicted octanol–water partition coefficient (Wildman–Crippen LogP) is -0.0511. The van der Waals surface area contributed by atoms with E-state index >= 15 is 0 Å². The van der Waals surface area contributed by atoms with Crippen LogP contribution in [-0.4, -0.2) is 39.3 Å². The number of hydrogen-bond acceptors (Lipinski definition) is 5. The topological polar surface area (TPSA) is 78.3 Å². The van der Waals surface area contributed by atoms with Crippen molar-refractivity contribution in [3.8, 4) is 0 Å². The molecule has 1 unspecified atom stereocenters. The third-order valence-electron chi connectivity index (χ3n) is 2.41. The fourth-order valence-corrected chi connectivity index (χ4v) is 1.66. The number of aryl methyl sites for hydroxylation is 1.